The van der Waals surface area contributed by atoms with Gasteiger partial charge in [-0.2, -0.15) is 4.37 Å². The zero-order chi connectivity index (χ0) is 25.2. The third-order valence-corrected chi connectivity index (χ3v) is 6.14. The molecule has 1 aliphatic rings. The number of aromatic nitrogens is 2. The second-order valence-corrected chi connectivity index (χ2v) is 9.68. The topological polar surface area (TPSA) is 101 Å². The molecule has 0 saturated heterocycles. The number of nitrogens with zero attached hydrogens (tertiary/aromatic N) is 3. The molecule has 0 N–H and O–H groups in total. The SMILES string of the molecule is CC(=O)[O-].CCCCCCCC(=O)OC[N+]1(C)CCC=C(c2nsnc2OCCCCCC)C1. The molecule has 0 fully saturated rings. The van der Waals surface area contributed by atoms with Crippen LogP contribution in [-0.4, -0.2) is 58.6 Å². The molecular weight excluding hydrogens is 454 g/mol. The molecule has 1 aromatic heterocycles. The van der Waals surface area contributed by atoms with Gasteiger partial charge in [0.15, 0.2) is 0 Å². The zero-order valence-corrected chi connectivity index (χ0v) is 22.3. The summed E-state index contributed by atoms with van der Waals surface area (Å²) < 4.78 is 21.1. The molecule has 2 heterocycles. The number of unbranched alkanes of at least 4 members (excludes halogenated alkanes) is 7. The summed E-state index contributed by atoms with van der Waals surface area (Å²) in [5.41, 5.74) is 2.01. The van der Waals surface area contributed by atoms with Crippen molar-refractivity contribution in [2.24, 2.45) is 0 Å². The summed E-state index contributed by atoms with van der Waals surface area (Å²) in [6.45, 7) is 8.21. The standard InChI is InChI=1S/C23H40N3O3S.C2H4O2/c1-4-6-8-10-11-15-21(27)29-19-26(3)16-13-14-20(18-26)22-23(25-30-24-22)28-17-12-9-7-5-2;1-2(3)4/h14H,4-13,15-19H2,1-3H3;1H3,(H,3,4)/q+1;/p-1. The van der Waals surface area contributed by atoms with Gasteiger partial charge in [-0.3, -0.25) is 9.28 Å². The van der Waals surface area contributed by atoms with Gasteiger partial charge in [0.2, 0.25) is 6.73 Å². The summed E-state index contributed by atoms with van der Waals surface area (Å²) in [4.78, 5) is 21.0. The Hall–Kier alpha value is -2.00. The first-order chi connectivity index (χ1) is 16.3. The van der Waals surface area contributed by atoms with Gasteiger partial charge >= 0.3 is 5.97 Å². The molecule has 0 spiro atoms. The van der Waals surface area contributed by atoms with Crippen LogP contribution in [0.1, 0.15) is 97.1 Å². The molecule has 34 heavy (non-hydrogen) atoms. The van der Waals surface area contributed by atoms with Crippen LogP contribution in [0.15, 0.2) is 6.08 Å². The molecule has 0 aromatic carbocycles. The smallest absolute Gasteiger partial charge is 0.310 e. The highest BCUT2D eigenvalue weighted by Crippen LogP contribution is 2.30. The first-order valence-electron chi connectivity index (χ1n) is 12.6. The maximum atomic E-state index is 12.1. The lowest BCUT2D eigenvalue weighted by Gasteiger charge is -2.36. The van der Waals surface area contributed by atoms with Crippen molar-refractivity contribution < 1.29 is 28.7 Å². The lowest BCUT2D eigenvalue weighted by atomic mass is 10.1. The van der Waals surface area contributed by atoms with Crippen LogP contribution in [0.25, 0.3) is 5.57 Å². The Morgan fingerprint density at radius 3 is 2.38 bits per heavy atom. The summed E-state index contributed by atoms with van der Waals surface area (Å²) in [7, 11) is 2.15. The van der Waals surface area contributed by atoms with E-state index in [4.69, 9.17) is 19.4 Å². The Bertz CT molecular complexity index is 749. The quantitative estimate of drug-likeness (QED) is 0.202. The van der Waals surface area contributed by atoms with Crippen molar-refractivity contribution >= 4 is 29.2 Å². The van der Waals surface area contributed by atoms with Crippen molar-refractivity contribution in [2.45, 2.75) is 91.4 Å². The number of hydrogen-bond acceptors (Lipinski definition) is 8. The number of carboxylic acids is 1. The molecule has 0 bridgehead atoms. The Balaban J connectivity index is 0.00000133. The van der Waals surface area contributed by atoms with E-state index in [2.05, 4.69) is 35.7 Å². The molecule has 0 radical (unpaired) electrons. The van der Waals surface area contributed by atoms with E-state index in [0.717, 1.165) is 57.0 Å². The average molecular weight is 498 g/mol. The second-order valence-electron chi connectivity index (χ2n) is 9.15. The van der Waals surface area contributed by atoms with Crippen LogP contribution in [0.3, 0.4) is 0 Å². The van der Waals surface area contributed by atoms with Crippen LogP contribution < -0.4 is 9.84 Å². The van der Waals surface area contributed by atoms with Crippen LogP contribution in [0, 0.1) is 0 Å². The van der Waals surface area contributed by atoms with Gasteiger partial charge in [-0.1, -0.05) is 64.9 Å². The monoisotopic (exact) mass is 497 g/mol. The van der Waals surface area contributed by atoms with Gasteiger partial charge in [0.05, 0.1) is 31.9 Å². The van der Waals surface area contributed by atoms with Gasteiger partial charge < -0.3 is 19.4 Å². The molecule has 1 aromatic rings. The summed E-state index contributed by atoms with van der Waals surface area (Å²) in [6.07, 6.45) is 14.1. The van der Waals surface area contributed by atoms with Crippen molar-refractivity contribution in [3.63, 3.8) is 0 Å². The van der Waals surface area contributed by atoms with Gasteiger partial charge in [-0.05, 0) is 19.8 Å². The first kappa shape index (κ1) is 30.0. The molecule has 1 unspecified atom stereocenters. The van der Waals surface area contributed by atoms with E-state index in [9.17, 15) is 4.79 Å². The molecule has 2 rings (SSSR count). The summed E-state index contributed by atoms with van der Waals surface area (Å²) in [5.74, 6) is -0.506. The molecule has 194 valence electrons. The normalized spacial score (nSPS) is 17.4. The lowest BCUT2D eigenvalue weighted by Crippen LogP contribution is -2.49. The summed E-state index contributed by atoms with van der Waals surface area (Å²) in [5, 5.41) is 8.89. The molecular formula is C25H43N3O5S. The molecule has 0 saturated carbocycles. The van der Waals surface area contributed by atoms with Crippen LogP contribution in [0.4, 0.5) is 0 Å². The van der Waals surface area contributed by atoms with E-state index in [1.807, 2.05) is 0 Å². The largest absolute Gasteiger partial charge is 0.550 e. The minimum Gasteiger partial charge on any atom is -0.550 e. The maximum absolute atomic E-state index is 12.1. The highest BCUT2D eigenvalue weighted by atomic mass is 32.1. The first-order valence-corrected chi connectivity index (χ1v) is 13.4. The number of rotatable bonds is 15. The van der Waals surface area contributed by atoms with E-state index >= 15 is 0 Å². The Morgan fingerprint density at radius 2 is 1.71 bits per heavy atom. The number of ether oxygens (including phenoxy) is 2. The number of carboxylic acid groups (broad SMARTS) is 1. The van der Waals surface area contributed by atoms with Crippen molar-refractivity contribution in [1.82, 2.24) is 8.75 Å². The summed E-state index contributed by atoms with van der Waals surface area (Å²) >= 11 is 1.20. The van der Waals surface area contributed by atoms with Crippen molar-refractivity contribution in [2.75, 3.05) is 33.5 Å². The number of carbonyl (C=O) groups is 2. The Kier molecular flexibility index (Phi) is 15.4. The predicted molar refractivity (Wildman–Crippen MR) is 133 cm³/mol. The van der Waals surface area contributed by atoms with Gasteiger partial charge in [0.1, 0.15) is 12.2 Å². The molecule has 0 amide bonds. The van der Waals surface area contributed by atoms with E-state index < -0.39 is 5.97 Å². The lowest BCUT2D eigenvalue weighted by molar-refractivity contribution is -0.919. The molecule has 1 aliphatic heterocycles. The minimum absolute atomic E-state index is 0.0756. The molecule has 0 aliphatic carbocycles. The van der Waals surface area contributed by atoms with E-state index in [1.54, 1.807) is 0 Å². The molecule has 1 atom stereocenters. The third-order valence-electron chi connectivity index (χ3n) is 5.63. The van der Waals surface area contributed by atoms with Crippen LogP contribution >= 0.6 is 11.7 Å². The van der Waals surface area contributed by atoms with Crippen LogP contribution in [-0.2, 0) is 14.3 Å². The second kappa shape index (κ2) is 17.4. The molecule has 9 heteroatoms. The van der Waals surface area contributed by atoms with Gasteiger partial charge in [-0.15, -0.1) is 4.37 Å². The third kappa shape index (κ3) is 13.0. The average Bonchev–Trinajstić information content (AvgIpc) is 3.26. The highest BCUT2D eigenvalue weighted by molar-refractivity contribution is 6.99. The summed E-state index contributed by atoms with van der Waals surface area (Å²) in [6, 6.07) is 0. The number of hydrogen-bond donors (Lipinski definition) is 0. The van der Waals surface area contributed by atoms with Crippen LogP contribution in [0.5, 0.6) is 5.88 Å². The predicted octanol–water partition coefficient (Wildman–Crippen LogP) is 4.35. The Morgan fingerprint density at radius 1 is 1.06 bits per heavy atom. The number of aliphatic carboxylic acids is 1. The maximum Gasteiger partial charge on any atom is 0.310 e. The fraction of sp³-hybridized carbons (Fsp3) is 0.760. The van der Waals surface area contributed by atoms with Gasteiger partial charge in [-0.25, -0.2) is 0 Å². The van der Waals surface area contributed by atoms with Crippen molar-refractivity contribution in [3.8, 4) is 5.88 Å². The fourth-order valence-corrected chi connectivity index (χ4v) is 4.26. The Labute approximate surface area is 209 Å². The van der Waals surface area contributed by atoms with Crippen molar-refractivity contribution in [3.05, 3.63) is 11.8 Å². The van der Waals surface area contributed by atoms with Gasteiger partial charge in [0.25, 0.3) is 5.88 Å². The number of carbonyl (C=O) groups excluding carboxylic acids is 2. The van der Waals surface area contributed by atoms with E-state index in [1.165, 1.54) is 50.3 Å². The molecule has 8 nitrogen and oxygen atoms in total. The number of likely N-dealkylation sites (N-methyl/N-ethyl adjacent to an activating group) is 1. The fourth-order valence-electron chi connectivity index (χ4n) is 3.73. The van der Waals surface area contributed by atoms with E-state index in [-0.39, 0.29) is 5.97 Å². The van der Waals surface area contributed by atoms with Crippen molar-refractivity contribution in [1.29, 1.82) is 0 Å². The number of quaternary nitrogens is 1. The van der Waals surface area contributed by atoms with Gasteiger partial charge in [0, 0.05) is 24.4 Å². The highest BCUT2D eigenvalue weighted by Gasteiger charge is 2.31. The minimum atomic E-state index is -1.08. The van der Waals surface area contributed by atoms with E-state index in [0.29, 0.717) is 30.1 Å². The van der Waals surface area contributed by atoms with Crippen LogP contribution in [0.2, 0.25) is 0 Å². The number of esters is 1. The zero-order valence-electron chi connectivity index (χ0n) is 21.5.